The average molecular weight is 390 g/mol. The third kappa shape index (κ3) is 5.10. The van der Waals surface area contributed by atoms with Gasteiger partial charge in [0.15, 0.2) is 0 Å². The van der Waals surface area contributed by atoms with Gasteiger partial charge >= 0.3 is 0 Å². The van der Waals surface area contributed by atoms with E-state index < -0.39 is 0 Å². The van der Waals surface area contributed by atoms with Gasteiger partial charge in [0.05, 0.1) is 18.2 Å². The van der Waals surface area contributed by atoms with E-state index in [-0.39, 0.29) is 0 Å². The van der Waals surface area contributed by atoms with Gasteiger partial charge in [-0.2, -0.15) is 0 Å². The topological polar surface area (TPSA) is 18.5 Å². The van der Waals surface area contributed by atoms with Crippen molar-refractivity contribution in [1.82, 2.24) is 0 Å². The second-order valence-electron chi connectivity index (χ2n) is 4.37. The van der Waals surface area contributed by atoms with Crippen LogP contribution in [0.1, 0.15) is 12.0 Å². The van der Waals surface area contributed by atoms with Crippen LogP contribution in [0.25, 0.3) is 0 Å². The summed E-state index contributed by atoms with van der Waals surface area (Å²) in [6.07, 6.45) is 0.773. The van der Waals surface area contributed by atoms with Crippen molar-refractivity contribution in [3.63, 3.8) is 0 Å². The maximum absolute atomic E-state index is 6.16. The summed E-state index contributed by atoms with van der Waals surface area (Å²) in [7, 11) is 0. The molecule has 112 valence electrons. The minimum atomic E-state index is 0.529. The zero-order valence-corrected chi connectivity index (χ0v) is 14.4. The maximum Gasteiger partial charge on any atom is 0.142 e. The van der Waals surface area contributed by atoms with Crippen LogP contribution in [0.15, 0.2) is 42.5 Å². The lowest BCUT2D eigenvalue weighted by Crippen LogP contribution is -2.06. The fraction of sp³-hybridized carbons (Fsp3) is 0.250. The van der Waals surface area contributed by atoms with Crippen molar-refractivity contribution >= 4 is 39.1 Å². The Morgan fingerprint density at radius 2 is 1.67 bits per heavy atom. The van der Waals surface area contributed by atoms with Gasteiger partial charge in [-0.25, -0.2) is 0 Å². The van der Waals surface area contributed by atoms with Crippen molar-refractivity contribution in [2.45, 2.75) is 11.8 Å². The van der Waals surface area contributed by atoms with E-state index in [1.807, 2.05) is 36.4 Å². The lowest BCUT2D eigenvalue weighted by Gasteiger charge is -2.13. The minimum absolute atomic E-state index is 0.529. The number of hydrogen-bond donors (Lipinski definition) is 0. The van der Waals surface area contributed by atoms with E-state index in [4.69, 9.17) is 32.7 Å². The van der Waals surface area contributed by atoms with Crippen molar-refractivity contribution < 1.29 is 9.47 Å². The Balaban J connectivity index is 1.81. The smallest absolute Gasteiger partial charge is 0.142 e. The molecule has 2 aromatic carbocycles. The highest BCUT2D eigenvalue weighted by molar-refractivity contribution is 9.08. The highest BCUT2D eigenvalue weighted by Crippen LogP contribution is 2.33. The van der Waals surface area contributed by atoms with Crippen LogP contribution >= 0.6 is 39.1 Å². The van der Waals surface area contributed by atoms with Gasteiger partial charge in [-0.1, -0.05) is 57.3 Å². The molecule has 0 saturated carbocycles. The number of ether oxygens (including phenoxy) is 2. The molecule has 0 amide bonds. The molecule has 2 rings (SSSR count). The van der Waals surface area contributed by atoms with Crippen LogP contribution < -0.4 is 9.47 Å². The normalized spacial score (nSPS) is 10.4. The van der Waals surface area contributed by atoms with Gasteiger partial charge in [0.1, 0.15) is 11.5 Å². The number of para-hydroxylation sites is 1. The molecule has 0 aliphatic heterocycles. The van der Waals surface area contributed by atoms with E-state index >= 15 is 0 Å². The van der Waals surface area contributed by atoms with Crippen molar-refractivity contribution in [1.29, 1.82) is 0 Å². The predicted octanol–water partition coefficient (Wildman–Crippen LogP) is 5.74. The largest absolute Gasteiger partial charge is 0.493 e. The molecule has 0 heterocycles. The van der Waals surface area contributed by atoms with Crippen LogP contribution in [-0.2, 0) is 5.33 Å². The average Bonchev–Trinajstić information content (AvgIpc) is 2.49. The zero-order valence-electron chi connectivity index (χ0n) is 11.3. The first-order valence-electron chi connectivity index (χ1n) is 6.55. The molecular formula is C16H15BrCl2O2. The molecule has 0 fully saturated rings. The van der Waals surface area contributed by atoms with E-state index in [1.54, 1.807) is 6.07 Å². The highest BCUT2D eigenvalue weighted by Gasteiger charge is 2.09. The molecule has 2 nitrogen and oxygen atoms in total. The molecule has 0 unspecified atom stereocenters. The number of benzene rings is 2. The Labute approximate surface area is 143 Å². The summed E-state index contributed by atoms with van der Waals surface area (Å²) in [5.41, 5.74) is 0.941. The third-order valence-corrected chi connectivity index (χ3v) is 3.88. The van der Waals surface area contributed by atoms with E-state index in [0.29, 0.717) is 34.3 Å². The highest BCUT2D eigenvalue weighted by atomic mass is 79.9. The zero-order chi connectivity index (χ0) is 15.1. The van der Waals surface area contributed by atoms with Gasteiger partial charge in [0.25, 0.3) is 0 Å². The molecule has 0 N–H and O–H groups in total. The standard InChI is InChI=1S/C16H15BrCl2O2/c17-11-12-9-13(18)10-15(19)16(12)21-8-4-7-20-14-5-2-1-3-6-14/h1-3,5-6,9-10H,4,7-8,11H2. The van der Waals surface area contributed by atoms with E-state index in [2.05, 4.69) is 15.9 Å². The molecule has 21 heavy (non-hydrogen) atoms. The lowest BCUT2D eigenvalue weighted by molar-refractivity contribution is 0.246. The molecule has 0 saturated heterocycles. The number of rotatable bonds is 7. The van der Waals surface area contributed by atoms with Crippen LogP contribution in [0.3, 0.4) is 0 Å². The van der Waals surface area contributed by atoms with Gasteiger partial charge in [0.2, 0.25) is 0 Å². The molecule has 0 atom stereocenters. The summed E-state index contributed by atoms with van der Waals surface area (Å²) < 4.78 is 11.4. The van der Waals surface area contributed by atoms with Crippen molar-refractivity contribution in [3.8, 4) is 11.5 Å². The molecule has 0 spiro atoms. The fourth-order valence-electron chi connectivity index (χ4n) is 1.81. The number of alkyl halides is 1. The summed E-state index contributed by atoms with van der Waals surface area (Å²) in [6, 6.07) is 13.2. The van der Waals surface area contributed by atoms with Crippen LogP contribution in [0.2, 0.25) is 10.0 Å². The van der Waals surface area contributed by atoms with Crippen molar-refractivity contribution in [2.24, 2.45) is 0 Å². The Morgan fingerprint density at radius 1 is 0.952 bits per heavy atom. The summed E-state index contributed by atoms with van der Waals surface area (Å²) in [5.74, 6) is 1.54. The summed E-state index contributed by atoms with van der Waals surface area (Å²) >= 11 is 15.5. The molecule has 2 aromatic rings. The van der Waals surface area contributed by atoms with Crippen LogP contribution in [0, 0.1) is 0 Å². The SMILES string of the molecule is Clc1cc(Cl)c(OCCCOc2ccccc2)c(CBr)c1. The Bertz CT molecular complexity index is 576. The first-order chi connectivity index (χ1) is 10.2. The molecule has 0 bridgehead atoms. The maximum atomic E-state index is 6.16. The van der Waals surface area contributed by atoms with Gasteiger partial charge in [-0.05, 0) is 24.3 Å². The Morgan fingerprint density at radius 3 is 2.38 bits per heavy atom. The van der Waals surface area contributed by atoms with Crippen molar-refractivity contribution in [3.05, 3.63) is 58.1 Å². The van der Waals surface area contributed by atoms with E-state index in [9.17, 15) is 0 Å². The van der Waals surface area contributed by atoms with Crippen molar-refractivity contribution in [2.75, 3.05) is 13.2 Å². The summed E-state index contributed by atoms with van der Waals surface area (Å²) in [5, 5.41) is 1.78. The number of hydrogen-bond acceptors (Lipinski definition) is 2. The number of halogens is 3. The first kappa shape index (κ1) is 16.5. The Hall–Kier alpha value is -0.900. The molecule has 0 aromatic heterocycles. The van der Waals surface area contributed by atoms with Crippen LogP contribution in [0.4, 0.5) is 0 Å². The van der Waals surface area contributed by atoms with E-state index in [1.165, 1.54) is 0 Å². The molecule has 0 aliphatic rings. The van der Waals surface area contributed by atoms with Gasteiger partial charge in [-0.3, -0.25) is 0 Å². The van der Waals surface area contributed by atoms with Gasteiger partial charge in [-0.15, -0.1) is 0 Å². The summed E-state index contributed by atoms with van der Waals surface area (Å²) in [4.78, 5) is 0. The van der Waals surface area contributed by atoms with Crippen LogP contribution in [0.5, 0.6) is 11.5 Å². The molecular weight excluding hydrogens is 375 g/mol. The fourth-order valence-corrected chi connectivity index (χ4v) is 2.82. The quantitative estimate of drug-likeness (QED) is 0.444. The van der Waals surface area contributed by atoms with Gasteiger partial charge in [0, 0.05) is 22.3 Å². The molecule has 0 radical (unpaired) electrons. The third-order valence-electron chi connectivity index (χ3n) is 2.78. The summed E-state index contributed by atoms with van der Waals surface area (Å²) in [6.45, 7) is 1.13. The second kappa shape index (κ2) is 8.52. The van der Waals surface area contributed by atoms with E-state index in [0.717, 1.165) is 17.7 Å². The minimum Gasteiger partial charge on any atom is -0.493 e. The first-order valence-corrected chi connectivity index (χ1v) is 8.43. The predicted molar refractivity (Wildman–Crippen MR) is 91.1 cm³/mol. The molecule has 5 heteroatoms. The Kier molecular flexibility index (Phi) is 6.68. The lowest BCUT2D eigenvalue weighted by atomic mass is 10.2. The monoisotopic (exact) mass is 388 g/mol. The second-order valence-corrected chi connectivity index (χ2v) is 5.78. The van der Waals surface area contributed by atoms with Gasteiger partial charge < -0.3 is 9.47 Å². The molecule has 0 aliphatic carbocycles. The van der Waals surface area contributed by atoms with Crippen LogP contribution in [-0.4, -0.2) is 13.2 Å².